The molecule has 2 heteroatoms. The highest BCUT2D eigenvalue weighted by molar-refractivity contribution is 5.95. The molecule has 5 rings (SSSR count). The largest absolute Gasteiger partial charge is 0.439 e. The molecule has 0 N–H and O–H groups in total. The normalized spacial score (nSPS) is 16.2. The zero-order valence-corrected chi connectivity index (χ0v) is 17.7. The first kappa shape index (κ1) is 18.7. The zero-order valence-electron chi connectivity index (χ0n) is 17.7. The Kier molecular flexibility index (Phi) is 4.92. The summed E-state index contributed by atoms with van der Waals surface area (Å²) in [5.74, 6) is 0.901. The first-order valence-electron chi connectivity index (χ1n) is 10.9. The van der Waals surface area contributed by atoms with Crippen LogP contribution in [0.5, 0.6) is 0 Å². The highest BCUT2D eigenvalue weighted by Crippen LogP contribution is 2.43. The number of fused-ring (bicyclic) bond motifs is 4. The second kappa shape index (κ2) is 7.87. The standard InChI is InChI=1S/C28H27NO/c1-3-4-5-10-21-16-17-25-24-13-8-9-14-27(24)30-28(25)29(19-21)26-18-15-20(2)22-11-6-7-12-23(22)26/h3-5,8-10,13-19H,6-7,11-12H2,1-2H3/b4-3-,10-5-. The van der Waals surface area contributed by atoms with Crippen LogP contribution in [0, 0.1) is 6.92 Å². The van der Waals surface area contributed by atoms with Crippen molar-refractivity contribution in [3.63, 3.8) is 0 Å². The fraction of sp³-hybridized carbons (Fsp3) is 0.214. The molecule has 2 nitrogen and oxygen atoms in total. The topological polar surface area (TPSA) is 16.4 Å². The van der Waals surface area contributed by atoms with Crippen LogP contribution in [0.3, 0.4) is 0 Å². The second-order valence-corrected chi connectivity index (χ2v) is 8.10. The van der Waals surface area contributed by atoms with Gasteiger partial charge in [0.05, 0.1) is 5.69 Å². The molecule has 150 valence electrons. The van der Waals surface area contributed by atoms with Gasteiger partial charge in [0.1, 0.15) is 5.58 Å². The van der Waals surface area contributed by atoms with Crippen molar-refractivity contribution in [1.29, 1.82) is 0 Å². The number of allylic oxidation sites excluding steroid dienone is 6. The zero-order chi connectivity index (χ0) is 20.5. The fourth-order valence-corrected chi connectivity index (χ4v) is 4.63. The average molecular weight is 394 g/mol. The smallest absolute Gasteiger partial charge is 0.212 e. The Morgan fingerprint density at radius 1 is 0.933 bits per heavy atom. The van der Waals surface area contributed by atoms with Crippen molar-refractivity contribution in [3.8, 4) is 0 Å². The lowest BCUT2D eigenvalue weighted by atomic mass is 9.87. The van der Waals surface area contributed by atoms with Crippen molar-refractivity contribution < 1.29 is 4.42 Å². The number of nitrogens with zero attached hydrogens (tertiary/aromatic N) is 1. The van der Waals surface area contributed by atoms with E-state index in [2.05, 4.69) is 78.7 Å². The highest BCUT2D eigenvalue weighted by Gasteiger charge is 2.25. The van der Waals surface area contributed by atoms with Crippen molar-refractivity contribution in [3.05, 3.63) is 101 Å². The molecule has 1 aliphatic heterocycles. The Morgan fingerprint density at radius 2 is 1.77 bits per heavy atom. The molecule has 1 aliphatic carbocycles. The summed E-state index contributed by atoms with van der Waals surface area (Å²) in [7, 11) is 0. The Morgan fingerprint density at radius 3 is 2.63 bits per heavy atom. The minimum Gasteiger partial charge on any atom is -0.439 e. The predicted molar refractivity (Wildman–Crippen MR) is 127 cm³/mol. The molecular formula is C28H27NO. The van der Waals surface area contributed by atoms with E-state index in [1.807, 2.05) is 19.1 Å². The SMILES string of the molecule is C/C=C\C=C/C1=CN(c2ccc(C)c3c2CCCC3)c2oc3ccccc3c2C=C1. The van der Waals surface area contributed by atoms with Crippen molar-refractivity contribution in [2.24, 2.45) is 0 Å². The first-order valence-corrected chi connectivity index (χ1v) is 10.9. The van der Waals surface area contributed by atoms with Gasteiger partial charge < -0.3 is 4.42 Å². The number of hydrogen-bond donors (Lipinski definition) is 0. The van der Waals surface area contributed by atoms with Crippen molar-refractivity contribution in [1.82, 2.24) is 0 Å². The number of anilines is 2. The van der Waals surface area contributed by atoms with Crippen LogP contribution >= 0.6 is 0 Å². The van der Waals surface area contributed by atoms with E-state index in [9.17, 15) is 0 Å². The molecular weight excluding hydrogens is 366 g/mol. The van der Waals surface area contributed by atoms with E-state index < -0.39 is 0 Å². The van der Waals surface area contributed by atoms with Gasteiger partial charge in [0.25, 0.3) is 0 Å². The summed E-state index contributed by atoms with van der Waals surface area (Å²) >= 11 is 0. The van der Waals surface area contributed by atoms with E-state index in [1.165, 1.54) is 41.6 Å². The van der Waals surface area contributed by atoms with Crippen LogP contribution in [0.25, 0.3) is 17.0 Å². The van der Waals surface area contributed by atoms with Crippen LogP contribution in [0.1, 0.15) is 42.0 Å². The Bertz CT molecular complexity index is 1220. The van der Waals surface area contributed by atoms with Crippen molar-refractivity contribution in [2.45, 2.75) is 39.5 Å². The number of hydrogen-bond acceptors (Lipinski definition) is 2. The van der Waals surface area contributed by atoms with Crippen LogP contribution in [0.4, 0.5) is 11.6 Å². The molecule has 1 aromatic heterocycles. The van der Waals surface area contributed by atoms with Crippen molar-refractivity contribution in [2.75, 3.05) is 4.90 Å². The van der Waals surface area contributed by atoms with Crippen LogP contribution in [0.15, 0.2) is 83.0 Å². The van der Waals surface area contributed by atoms with Gasteiger partial charge in [0.15, 0.2) is 0 Å². The quantitative estimate of drug-likeness (QED) is 0.422. The van der Waals surface area contributed by atoms with Crippen molar-refractivity contribution >= 4 is 28.6 Å². The van der Waals surface area contributed by atoms with Gasteiger partial charge in [-0.3, -0.25) is 4.90 Å². The minimum absolute atomic E-state index is 0.901. The minimum atomic E-state index is 0.901. The number of para-hydroxylation sites is 1. The Balaban J connectivity index is 1.73. The number of aryl methyl sites for hydroxylation is 1. The molecule has 0 unspecified atom stereocenters. The Hall–Kier alpha value is -3.26. The number of benzene rings is 2. The lowest BCUT2D eigenvalue weighted by molar-refractivity contribution is 0.617. The molecule has 0 spiro atoms. The molecule has 30 heavy (non-hydrogen) atoms. The van der Waals surface area contributed by atoms with E-state index in [-0.39, 0.29) is 0 Å². The van der Waals surface area contributed by atoms with Crippen LogP contribution < -0.4 is 4.90 Å². The van der Waals surface area contributed by atoms with Gasteiger partial charge in [-0.25, -0.2) is 0 Å². The monoisotopic (exact) mass is 393 g/mol. The second-order valence-electron chi connectivity index (χ2n) is 8.10. The first-order chi connectivity index (χ1) is 14.8. The van der Waals surface area contributed by atoms with Gasteiger partial charge in [-0.1, -0.05) is 54.6 Å². The summed E-state index contributed by atoms with van der Waals surface area (Å²) in [6.45, 7) is 4.28. The van der Waals surface area contributed by atoms with Gasteiger partial charge in [0, 0.05) is 17.1 Å². The third kappa shape index (κ3) is 3.23. The van der Waals surface area contributed by atoms with E-state index in [1.54, 1.807) is 0 Å². The van der Waals surface area contributed by atoms with Gasteiger partial charge in [0.2, 0.25) is 5.88 Å². The van der Waals surface area contributed by atoms with E-state index in [0.29, 0.717) is 0 Å². The molecule has 0 amide bonds. The molecule has 0 radical (unpaired) electrons. The van der Waals surface area contributed by atoms with E-state index in [4.69, 9.17) is 4.42 Å². The molecule has 0 saturated heterocycles. The molecule has 0 fully saturated rings. The predicted octanol–water partition coefficient (Wildman–Crippen LogP) is 7.80. The van der Waals surface area contributed by atoms with Crippen LogP contribution in [-0.2, 0) is 12.8 Å². The summed E-state index contributed by atoms with van der Waals surface area (Å²) in [5.41, 5.74) is 8.87. The molecule has 0 bridgehead atoms. The molecule has 2 heterocycles. The summed E-state index contributed by atoms with van der Waals surface area (Å²) < 4.78 is 6.42. The summed E-state index contributed by atoms with van der Waals surface area (Å²) in [5, 5.41) is 1.15. The van der Waals surface area contributed by atoms with Gasteiger partial charge in [-0.2, -0.15) is 0 Å². The molecule has 2 aromatic carbocycles. The van der Waals surface area contributed by atoms with Crippen LogP contribution in [0.2, 0.25) is 0 Å². The lowest BCUT2D eigenvalue weighted by Gasteiger charge is -2.27. The van der Waals surface area contributed by atoms with E-state index >= 15 is 0 Å². The number of rotatable bonds is 3. The third-order valence-corrected chi connectivity index (χ3v) is 6.15. The summed E-state index contributed by atoms with van der Waals surface area (Å²) in [6.07, 6.45) is 19.8. The highest BCUT2D eigenvalue weighted by atomic mass is 16.4. The van der Waals surface area contributed by atoms with Crippen LogP contribution in [-0.4, -0.2) is 0 Å². The van der Waals surface area contributed by atoms with Gasteiger partial charge in [-0.15, -0.1) is 0 Å². The number of furan rings is 1. The molecule has 0 atom stereocenters. The maximum Gasteiger partial charge on any atom is 0.212 e. The molecule has 2 aliphatic rings. The summed E-state index contributed by atoms with van der Waals surface area (Å²) in [4.78, 5) is 2.27. The third-order valence-electron chi connectivity index (χ3n) is 6.15. The Labute approximate surface area is 178 Å². The summed E-state index contributed by atoms with van der Waals surface area (Å²) in [6, 6.07) is 12.8. The van der Waals surface area contributed by atoms with E-state index in [0.717, 1.165) is 34.4 Å². The molecule has 0 saturated carbocycles. The van der Waals surface area contributed by atoms with Gasteiger partial charge >= 0.3 is 0 Å². The lowest BCUT2D eigenvalue weighted by Crippen LogP contribution is -2.15. The fourth-order valence-electron chi connectivity index (χ4n) is 4.63. The van der Waals surface area contributed by atoms with Gasteiger partial charge in [-0.05, 0) is 80.0 Å². The maximum atomic E-state index is 6.42. The average Bonchev–Trinajstić information content (AvgIpc) is 3.05. The molecule has 3 aromatic rings. The maximum absolute atomic E-state index is 6.42.